The van der Waals surface area contributed by atoms with Gasteiger partial charge in [0.1, 0.15) is 0 Å². The van der Waals surface area contributed by atoms with Gasteiger partial charge in [0.15, 0.2) is 5.82 Å². The zero-order chi connectivity index (χ0) is 19.7. The van der Waals surface area contributed by atoms with Gasteiger partial charge < -0.3 is 15.1 Å². The van der Waals surface area contributed by atoms with E-state index >= 15 is 0 Å². The van der Waals surface area contributed by atoms with E-state index in [0.717, 1.165) is 35.5 Å². The number of nitrogens with zero attached hydrogens (tertiary/aromatic N) is 3. The van der Waals surface area contributed by atoms with Crippen molar-refractivity contribution in [2.24, 2.45) is 0 Å². The highest BCUT2D eigenvalue weighted by atomic mass is 16.2. The molecule has 1 fully saturated rings. The van der Waals surface area contributed by atoms with Crippen molar-refractivity contribution in [1.82, 2.24) is 15.1 Å². The molecule has 1 aromatic carbocycles. The van der Waals surface area contributed by atoms with Crippen LogP contribution in [0.2, 0.25) is 0 Å². The number of aromatic amines is 1. The van der Waals surface area contributed by atoms with Crippen molar-refractivity contribution in [3.63, 3.8) is 0 Å². The minimum absolute atomic E-state index is 0.000883. The zero-order valence-corrected chi connectivity index (χ0v) is 15.8. The van der Waals surface area contributed by atoms with Gasteiger partial charge in [-0.15, -0.1) is 0 Å². The summed E-state index contributed by atoms with van der Waals surface area (Å²) in [6.45, 7) is 3.27. The van der Waals surface area contributed by atoms with Gasteiger partial charge in [0.25, 0.3) is 0 Å². The van der Waals surface area contributed by atoms with E-state index in [1.165, 1.54) is 6.92 Å². The first-order chi connectivity index (χ1) is 13.5. The van der Waals surface area contributed by atoms with Gasteiger partial charge in [-0.05, 0) is 30.5 Å². The third-order valence-corrected chi connectivity index (χ3v) is 5.32. The number of amides is 3. The molecule has 0 atom stereocenters. The summed E-state index contributed by atoms with van der Waals surface area (Å²) in [5.41, 5.74) is 3.71. The van der Waals surface area contributed by atoms with E-state index in [1.54, 1.807) is 9.80 Å². The Morgan fingerprint density at radius 1 is 1.21 bits per heavy atom. The lowest BCUT2D eigenvalue weighted by molar-refractivity contribution is -0.129. The van der Waals surface area contributed by atoms with Crippen LogP contribution in [-0.2, 0) is 33.9 Å². The molecule has 0 spiro atoms. The highest BCUT2D eigenvalue weighted by Gasteiger charge is 2.27. The first-order valence-electron chi connectivity index (χ1n) is 9.52. The minimum Gasteiger partial charge on any atom is -0.333 e. The molecule has 3 heterocycles. The SMILES string of the molecule is CC(=O)N1Cc2[nH]nc(NC(=O)CCc3ccc(N4CCCC4=O)cc3)c2C1. The van der Waals surface area contributed by atoms with Crippen LogP contribution < -0.4 is 10.2 Å². The van der Waals surface area contributed by atoms with Gasteiger partial charge in [-0.2, -0.15) is 5.10 Å². The van der Waals surface area contributed by atoms with E-state index in [2.05, 4.69) is 15.5 Å². The Morgan fingerprint density at radius 3 is 2.68 bits per heavy atom. The summed E-state index contributed by atoms with van der Waals surface area (Å²) in [4.78, 5) is 39.1. The van der Waals surface area contributed by atoms with Gasteiger partial charge in [0.05, 0.1) is 18.8 Å². The van der Waals surface area contributed by atoms with Crippen molar-refractivity contribution >= 4 is 29.2 Å². The van der Waals surface area contributed by atoms with Gasteiger partial charge in [-0.3, -0.25) is 19.5 Å². The fraction of sp³-hybridized carbons (Fsp3) is 0.400. The second-order valence-corrected chi connectivity index (χ2v) is 7.27. The lowest BCUT2D eigenvalue weighted by Crippen LogP contribution is -2.23. The maximum atomic E-state index is 12.3. The Balaban J connectivity index is 1.31. The van der Waals surface area contributed by atoms with Gasteiger partial charge >= 0.3 is 0 Å². The minimum atomic E-state index is -0.116. The monoisotopic (exact) mass is 381 g/mol. The van der Waals surface area contributed by atoms with Gasteiger partial charge in [-0.1, -0.05) is 12.1 Å². The summed E-state index contributed by atoms with van der Waals surface area (Å²) in [6.07, 6.45) is 2.46. The predicted molar refractivity (Wildman–Crippen MR) is 103 cm³/mol. The molecule has 2 aliphatic rings. The predicted octanol–water partition coefficient (Wildman–Crippen LogP) is 1.97. The normalized spacial score (nSPS) is 15.8. The van der Waals surface area contributed by atoms with Crippen molar-refractivity contribution in [3.05, 3.63) is 41.1 Å². The van der Waals surface area contributed by atoms with E-state index in [0.29, 0.717) is 38.2 Å². The van der Waals surface area contributed by atoms with Crippen LogP contribution in [0.4, 0.5) is 11.5 Å². The van der Waals surface area contributed by atoms with Gasteiger partial charge in [0.2, 0.25) is 17.7 Å². The summed E-state index contributed by atoms with van der Waals surface area (Å²) in [5.74, 6) is 0.559. The van der Waals surface area contributed by atoms with Gasteiger partial charge in [-0.25, -0.2) is 0 Å². The molecule has 0 aliphatic carbocycles. The number of carbonyl (C=O) groups excluding carboxylic acids is 3. The summed E-state index contributed by atoms with van der Waals surface area (Å²) in [6, 6.07) is 7.80. The highest BCUT2D eigenvalue weighted by molar-refractivity contribution is 5.95. The average Bonchev–Trinajstić information content (AvgIpc) is 3.38. The van der Waals surface area contributed by atoms with Crippen LogP contribution in [0.1, 0.15) is 43.0 Å². The molecular weight excluding hydrogens is 358 g/mol. The summed E-state index contributed by atoms with van der Waals surface area (Å²) >= 11 is 0. The number of nitrogens with one attached hydrogen (secondary N) is 2. The number of anilines is 2. The topological polar surface area (TPSA) is 98.4 Å². The van der Waals surface area contributed by atoms with Crippen molar-refractivity contribution in [2.45, 2.75) is 45.7 Å². The van der Waals surface area contributed by atoms with Crippen LogP contribution in [0, 0.1) is 0 Å². The van der Waals surface area contributed by atoms with Crippen molar-refractivity contribution in [3.8, 4) is 0 Å². The smallest absolute Gasteiger partial charge is 0.227 e. The first kappa shape index (κ1) is 18.2. The number of aryl methyl sites for hydroxylation is 1. The lowest BCUT2D eigenvalue weighted by atomic mass is 10.1. The Labute approximate surface area is 162 Å². The number of rotatable bonds is 5. The molecule has 0 radical (unpaired) electrons. The van der Waals surface area contributed by atoms with Crippen molar-refractivity contribution < 1.29 is 14.4 Å². The maximum Gasteiger partial charge on any atom is 0.227 e. The second-order valence-electron chi connectivity index (χ2n) is 7.27. The molecule has 146 valence electrons. The summed E-state index contributed by atoms with van der Waals surface area (Å²) in [5, 5.41) is 9.89. The number of aromatic nitrogens is 2. The summed E-state index contributed by atoms with van der Waals surface area (Å²) in [7, 11) is 0. The van der Waals surface area contributed by atoms with E-state index in [4.69, 9.17) is 0 Å². The van der Waals surface area contributed by atoms with Crippen LogP contribution in [0.5, 0.6) is 0 Å². The largest absolute Gasteiger partial charge is 0.333 e. The quantitative estimate of drug-likeness (QED) is 0.827. The molecule has 28 heavy (non-hydrogen) atoms. The van der Waals surface area contributed by atoms with E-state index in [-0.39, 0.29) is 17.7 Å². The van der Waals surface area contributed by atoms with Gasteiger partial charge in [0, 0.05) is 37.6 Å². The molecule has 4 rings (SSSR count). The van der Waals surface area contributed by atoms with Crippen molar-refractivity contribution in [1.29, 1.82) is 0 Å². The Morgan fingerprint density at radius 2 is 2.00 bits per heavy atom. The Bertz CT molecular complexity index is 918. The average molecular weight is 381 g/mol. The molecule has 1 aromatic heterocycles. The third kappa shape index (κ3) is 3.62. The molecule has 2 N–H and O–H groups in total. The molecule has 8 nitrogen and oxygen atoms in total. The number of carbonyl (C=O) groups is 3. The van der Waals surface area contributed by atoms with Crippen LogP contribution in [0.25, 0.3) is 0 Å². The second kappa shape index (κ2) is 7.46. The molecule has 1 saturated heterocycles. The molecule has 8 heteroatoms. The van der Waals surface area contributed by atoms with Crippen molar-refractivity contribution in [2.75, 3.05) is 16.8 Å². The van der Waals surface area contributed by atoms with Crippen LogP contribution in [0.3, 0.4) is 0 Å². The van der Waals surface area contributed by atoms with Crippen LogP contribution in [-0.4, -0.2) is 39.4 Å². The molecule has 3 amide bonds. The first-order valence-corrected chi connectivity index (χ1v) is 9.52. The number of hydrogen-bond acceptors (Lipinski definition) is 4. The van der Waals surface area contributed by atoms with E-state index in [9.17, 15) is 14.4 Å². The van der Waals surface area contributed by atoms with E-state index < -0.39 is 0 Å². The Kier molecular flexibility index (Phi) is 4.85. The lowest BCUT2D eigenvalue weighted by Gasteiger charge is -2.15. The molecule has 2 aliphatic heterocycles. The third-order valence-electron chi connectivity index (χ3n) is 5.32. The molecule has 0 bridgehead atoms. The van der Waals surface area contributed by atoms with Crippen LogP contribution >= 0.6 is 0 Å². The fourth-order valence-electron chi connectivity index (χ4n) is 3.68. The molecule has 0 unspecified atom stereocenters. The molecule has 2 aromatic rings. The maximum absolute atomic E-state index is 12.3. The number of H-pyrrole nitrogens is 1. The highest BCUT2D eigenvalue weighted by Crippen LogP contribution is 2.27. The fourth-order valence-corrected chi connectivity index (χ4v) is 3.68. The number of hydrogen-bond donors (Lipinski definition) is 2. The summed E-state index contributed by atoms with van der Waals surface area (Å²) < 4.78 is 0. The van der Waals surface area contributed by atoms with E-state index in [1.807, 2.05) is 24.3 Å². The molecule has 0 saturated carbocycles. The molecular formula is C20H23N5O3. The number of fused-ring (bicyclic) bond motifs is 1. The number of benzene rings is 1. The van der Waals surface area contributed by atoms with Crippen LogP contribution in [0.15, 0.2) is 24.3 Å². The Hall–Kier alpha value is -3.16. The zero-order valence-electron chi connectivity index (χ0n) is 15.8. The standard InChI is InChI=1S/C20H23N5O3/c1-13(26)24-11-16-17(12-24)22-23-20(16)21-18(27)9-6-14-4-7-15(8-5-14)25-10-2-3-19(25)28/h4-5,7-8H,2-3,6,9-12H2,1H3,(H2,21,22,23,27).